The van der Waals surface area contributed by atoms with Gasteiger partial charge in [0.2, 0.25) is 0 Å². The average molecular weight is 497 g/mol. The Hall–Kier alpha value is -2.17. The third kappa shape index (κ3) is 4.13. The first-order valence-electron chi connectivity index (χ1n) is 12.5. The molecule has 4 rings (SSSR count). The maximum atomic E-state index is 13.4. The smallest absolute Gasteiger partial charge is 0.316 e. The second kappa shape index (κ2) is 9.37. The molecule has 35 heavy (non-hydrogen) atoms. The first-order chi connectivity index (χ1) is 16.5. The molecule has 3 aliphatic carbocycles. The molecule has 0 amide bonds. The Kier molecular flexibility index (Phi) is 6.93. The van der Waals surface area contributed by atoms with E-state index in [0.717, 1.165) is 19.3 Å². The quantitative estimate of drug-likeness (QED) is 0.350. The van der Waals surface area contributed by atoms with Crippen molar-refractivity contribution < 1.29 is 19.4 Å². The van der Waals surface area contributed by atoms with Crippen LogP contribution in [-0.4, -0.2) is 39.8 Å². The maximum absolute atomic E-state index is 13.4. The SMILES string of the molecule is C=C[C@]1(C)C[C@@H](OC(=O)CSc2cc(C#N)ccn2)[C@]2(C)[C@H](C)CC[C@]3(CCC(=O)[C@H]32)[C@@H](C)[C@@H]1O. The maximum Gasteiger partial charge on any atom is 0.316 e. The van der Waals surface area contributed by atoms with Crippen LogP contribution in [0.4, 0.5) is 0 Å². The number of thioether (sulfide) groups is 1. The zero-order valence-electron chi connectivity index (χ0n) is 21.1. The van der Waals surface area contributed by atoms with Crippen molar-refractivity contribution in [3.8, 4) is 6.07 Å². The summed E-state index contributed by atoms with van der Waals surface area (Å²) in [6, 6.07) is 5.35. The van der Waals surface area contributed by atoms with Crippen LogP contribution in [0.5, 0.6) is 0 Å². The van der Waals surface area contributed by atoms with Crippen molar-refractivity contribution in [1.82, 2.24) is 4.98 Å². The molecule has 0 saturated heterocycles. The minimum Gasteiger partial charge on any atom is -0.461 e. The summed E-state index contributed by atoms with van der Waals surface area (Å²) in [5, 5.41) is 21.3. The number of rotatable bonds is 5. The lowest BCUT2D eigenvalue weighted by molar-refractivity contribution is -0.205. The first kappa shape index (κ1) is 25.9. The van der Waals surface area contributed by atoms with Gasteiger partial charge in [0.15, 0.2) is 0 Å². The molecule has 0 unspecified atom stereocenters. The normalized spacial score (nSPS) is 40.7. The molecule has 3 saturated carbocycles. The van der Waals surface area contributed by atoms with Crippen molar-refractivity contribution >= 4 is 23.5 Å². The van der Waals surface area contributed by atoms with Gasteiger partial charge in [0.05, 0.1) is 28.5 Å². The number of aliphatic hydroxyl groups is 1. The van der Waals surface area contributed by atoms with E-state index in [1.54, 1.807) is 24.4 Å². The van der Waals surface area contributed by atoms with Crippen LogP contribution in [0, 0.1) is 45.3 Å². The van der Waals surface area contributed by atoms with Gasteiger partial charge in [-0.15, -0.1) is 6.58 Å². The highest BCUT2D eigenvalue weighted by Crippen LogP contribution is 2.68. The van der Waals surface area contributed by atoms with Gasteiger partial charge in [-0.05, 0) is 55.1 Å². The summed E-state index contributed by atoms with van der Waals surface area (Å²) in [4.78, 5) is 30.8. The number of Topliss-reactive ketones (excluding diaryl/α,β-unsaturated/α-hetero) is 1. The third-order valence-corrected chi connectivity index (χ3v) is 10.7. The lowest BCUT2D eigenvalue weighted by Gasteiger charge is -2.61. The van der Waals surface area contributed by atoms with Crippen LogP contribution in [0.2, 0.25) is 0 Å². The van der Waals surface area contributed by atoms with Gasteiger partial charge in [-0.1, -0.05) is 45.5 Å². The minimum absolute atomic E-state index is 0.0519. The Morgan fingerprint density at radius 3 is 2.83 bits per heavy atom. The van der Waals surface area contributed by atoms with Gasteiger partial charge in [-0.3, -0.25) is 9.59 Å². The predicted octanol–water partition coefficient (Wildman–Crippen LogP) is 4.95. The van der Waals surface area contributed by atoms with E-state index < -0.39 is 23.0 Å². The van der Waals surface area contributed by atoms with Crippen LogP contribution < -0.4 is 0 Å². The van der Waals surface area contributed by atoms with Gasteiger partial charge in [0, 0.05) is 29.4 Å². The zero-order valence-corrected chi connectivity index (χ0v) is 21.9. The Balaban J connectivity index is 1.67. The fourth-order valence-corrected chi connectivity index (χ4v) is 8.06. The molecule has 7 heteroatoms. The molecule has 0 spiro atoms. The number of hydrogen-bond donors (Lipinski definition) is 1. The largest absolute Gasteiger partial charge is 0.461 e. The molecule has 8 atom stereocenters. The lowest BCUT2D eigenvalue weighted by Crippen LogP contribution is -2.63. The summed E-state index contributed by atoms with van der Waals surface area (Å²) in [5.41, 5.74) is -0.976. The second-order valence-electron chi connectivity index (χ2n) is 11.3. The van der Waals surface area contributed by atoms with Gasteiger partial charge in [0.1, 0.15) is 11.9 Å². The van der Waals surface area contributed by atoms with Crippen molar-refractivity contribution in [1.29, 1.82) is 5.26 Å². The minimum atomic E-state index is -0.681. The Labute approximate surface area is 212 Å². The van der Waals surface area contributed by atoms with Crippen molar-refractivity contribution in [2.24, 2.45) is 34.0 Å². The lowest BCUT2D eigenvalue weighted by atomic mass is 9.44. The summed E-state index contributed by atoms with van der Waals surface area (Å²) in [5.74, 6) is -0.187. The molecule has 2 bridgehead atoms. The van der Waals surface area contributed by atoms with E-state index in [1.807, 2.05) is 6.92 Å². The molecule has 188 valence electrons. The van der Waals surface area contributed by atoms with E-state index in [0.29, 0.717) is 23.4 Å². The van der Waals surface area contributed by atoms with Crippen molar-refractivity contribution in [3.05, 3.63) is 36.5 Å². The molecule has 1 aromatic heterocycles. The Bertz CT molecular complexity index is 1070. The number of ether oxygens (including phenoxy) is 1. The van der Waals surface area contributed by atoms with E-state index in [-0.39, 0.29) is 40.7 Å². The molecular formula is C28H36N2O4S. The number of carbonyl (C=O) groups excluding carboxylic acids is 2. The summed E-state index contributed by atoms with van der Waals surface area (Å²) in [6.45, 7) is 12.4. The number of esters is 1. The van der Waals surface area contributed by atoms with E-state index in [1.165, 1.54) is 11.8 Å². The number of aromatic nitrogens is 1. The number of nitriles is 1. The molecule has 1 aromatic rings. The first-order valence-corrected chi connectivity index (χ1v) is 13.5. The Morgan fingerprint density at radius 2 is 2.14 bits per heavy atom. The van der Waals surface area contributed by atoms with Crippen molar-refractivity contribution in [3.63, 3.8) is 0 Å². The van der Waals surface area contributed by atoms with Crippen LogP contribution in [0.3, 0.4) is 0 Å². The fourth-order valence-electron chi connectivity index (χ4n) is 7.38. The van der Waals surface area contributed by atoms with E-state index in [4.69, 9.17) is 10.00 Å². The number of carbonyl (C=O) groups is 2. The molecule has 0 radical (unpaired) electrons. The number of ketones is 1. The zero-order chi connectivity index (χ0) is 25.6. The van der Waals surface area contributed by atoms with E-state index in [9.17, 15) is 14.7 Å². The summed E-state index contributed by atoms with van der Waals surface area (Å²) >= 11 is 1.23. The predicted molar refractivity (Wildman–Crippen MR) is 134 cm³/mol. The average Bonchev–Trinajstić information content (AvgIpc) is 3.21. The highest BCUT2D eigenvalue weighted by Gasteiger charge is 2.68. The van der Waals surface area contributed by atoms with E-state index >= 15 is 0 Å². The van der Waals surface area contributed by atoms with Crippen LogP contribution in [-0.2, 0) is 14.3 Å². The third-order valence-electron chi connectivity index (χ3n) is 9.78. The van der Waals surface area contributed by atoms with Gasteiger partial charge in [-0.25, -0.2) is 4.98 Å². The highest BCUT2D eigenvalue weighted by molar-refractivity contribution is 7.99. The summed E-state index contributed by atoms with van der Waals surface area (Å²) < 4.78 is 6.23. The molecular weight excluding hydrogens is 460 g/mol. The van der Waals surface area contributed by atoms with Crippen LogP contribution in [0.1, 0.15) is 65.4 Å². The number of hydrogen-bond acceptors (Lipinski definition) is 7. The van der Waals surface area contributed by atoms with Gasteiger partial charge in [0.25, 0.3) is 0 Å². The molecule has 3 fully saturated rings. The number of pyridine rings is 1. The monoisotopic (exact) mass is 496 g/mol. The van der Waals surface area contributed by atoms with Gasteiger partial charge < -0.3 is 9.84 Å². The topological polar surface area (TPSA) is 100 Å². The number of aliphatic hydroxyl groups excluding tert-OH is 1. The molecule has 0 aliphatic heterocycles. The van der Waals surface area contributed by atoms with Gasteiger partial charge in [-0.2, -0.15) is 5.26 Å². The van der Waals surface area contributed by atoms with Crippen LogP contribution in [0.25, 0.3) is 0 Å². The van der Waals surface area contributed by atoms with Crippen LogP contribution in [0.15, 0.2) is 36.0 Å². The molecule has 3 aliphatic rings. The molecule has 6 nitrogen and oxygen atoms in total. The van der Waals surface area contributed by atoms with Crippen molar-refractivity contribution in [2.75, 3.05) is 5.75 Å². The number of nitrogens with zero attached hydrogens (tertiary/aromatic N) is 2. The molecule has 1 N–H and O–H groups in total. The molecule has 1 heterocycles. The standard InChI is InChI=1S/C28H36N2O4S/c1-6-26(4)14-21(34-23(32)16-35-22-13-19(15-29)9-12-30-22)27(5)17(2)7-10-28(18(3)25(26)33)11-8-20(31)24(27)28/h6,9,12-13,17-18,21,24-25,33H,1,7-8,10-11,14,16H2,2-5H3/t17-,18+,21-,24+,25+,26-,27+,28+/m1/s1. The summed E-state index contributed by atoms with van der Waals surface area (Å²) in [6.07, 6.45) is 5.71. The summed E-state index contributed by atoms with van der Waals surface area (Å²) in [7, 11) is 0. The molecule has 0 aromatic carbocycles. The van der Waals surface area contributed by atoms with Gasteiger partial charge >= 0.3 is 5.97 Å². The van der Waals surface area contributed by atoms with Crippen LogP contribution >= 0.6 is 11.8 Å². The Morgan fingerprint density at radius 1 is 1.40 bits per heavy atom. The highest BCUT2D eigenvalue weighted by atomic mass is 32.2. The van der Waals surface area contributed by atoms with E-state index in [2.05, 4.69) is 38.4 Å². The second-order valence-corrected chi connectivity index (χ2v) is 12.3. The fraction of sp³-hybridized carbons (Fsp3) is 0.643. The van der Waals surface area contributed by atoms with Crippen molar-refractivity contribution in [2.45, 2.75) is 77.0 Å².